The van der Waals surface area contributed by atoms with Crippen molar-refractivity contribution in [2.45, 2.75) is 11.4 Å². The maximum atomic E-state index is 14.2. The first kappa shape index (κ1) is 23.9. The fraction of sp³-hybridized carbons (Fsp3) is 0.0952. The molecule has 0 amide bonds. The van der Waals surface area contributed by atoms with E-state index in [0.29, 0.717) is 29.2 Å². The molecule has 2 aromatic carbocycles. The molecular formula is C21H18Cl2F2N4O2S. The largest absolute Gasteiger partial charge is 0.352 e. The van der Waals surface area contributed by atoms with Gasteiger partial charge in [-0.2, -0.15) is 0 Å². The van der Waals surface area contributed by atoms with Crippen LogP contribution in [0.3, 0.4) is 0 Å². The summed E-state index contributed by atoms with van der Waals surface area (Å²) in [6.07, 6.45) is 4.30. The summed E-state index contributed by atoms with van der Waals surface area (Å²) >= 11 is 5.97. The molecule has 0 saturated heterocycles. The van der Waals surface area contributed by atoms with E-state index in [1.807, 2.05) is 0 Å². The van der Waals surface area contributed by atoms with Crippen LogP contribution in [0.15, 0.2) is 66.0 Å². The van der Waals surface area contributed by atoms with Gasteiger partial charge in [0.2, 0.25) is 0 Å². The predicted octanol–water partition coefficient (Wildman–Crippen LogP) is 5.09. The minimum atomic E-state index is -3.93. The molecule has 0 saturated carbocycles. The maximum Gasteiger partial charge on any atom is 0.269 e. The van der Waals surface area contributed by atoms with Crippen LogP contribution in [0.1, 0.15) is 5.56 Å². The molecule has 0 aliphatic rings. The molecule has 2 aromatic heterocycles. The Hall–Kier alpha value is -2.72. The van der Waals surface area contributed by atoms with Gasteiger partial charge in [0.25, 0.3) is 10.0 Å². The number of rotatable bonds is 6. The lowest BCUT2D eigenvalue weighted by Gasteiger charge is -2.11. The Kier molecular flexibility index (Phi) is 7.04. The van der Waals surface area contributed by atoms with Crippen LogP contribution in [0.2, 0.25) is 5.02 Å². The van der Waals surface area contributed by atoms with Crippen molar-refractivity contribution in [3.05, 3.63) is 83.3 Å². The standard InChI is InChI=1S/C21H17ClF2N4O2S.ClH/c1-25-10-13-12-28(31(29,30)16-3-2-6-26-11-16)20-9-15(4-5-17(13)20)27-21-18(22)7-14(23)8-19(21)24;/h2-9,11-12,25,27H,10H2,1H3;1H. The van der Waals surface area contributed by atoms with Gasteiger partial charge in [0.1, 0.15) is 10.7 Å². The first-order chi connectivity index (χ1) is 14.8. The summed E-state index contributed by atoms with van der Waals surface area (Å²) in [4.78, 5) is 3.93. The van der Waals surface area contributed by atoms with E-state index in [2.05, 4.69) is 15.6 Å². The number of aromatic nitrogens is 2. The van der Waals surface area contributed by atoms with Crippen LogP contribution >= 0.6 is 24.0 Å². The van der Waals surface area contributed by atoms with E-state index in [-0.39, 0.29) is 28.0 Å². The molecule has 0 atom stereocenters. The average Bonchev–Trinajstić information content (AvgIpc) is 3.10. The summed E-state index contributed by atoms with van der Waals surface area (Å²) < 4.78 is 55.2. The number of hydrogen-bond acceptors (Lipinski definition) is 5. The Morgan fingerprint density at radius 1 is 1.16 bits per heavy atom. The molecule has 0 bridgehead atoms. The normalized spacial score (nSPS) is 11.4. The predicted molar refractivity (Wildman–Crippen MR) is 123 cm³/mol. The fourth-order valence-corrected chi connectivity index (χ4v) is 4.88. The van der Waals surface area contributed by atoms with Crippen molar-refractivity contribution in [3.8, 4) is 0 Å². The zero-order valence-corrected chi connectivity index (χ0v) is 19.0. The number of anilines is 2. The van der Waals surface area contributed by atoms with Crippen LogP contribution < -0.4 is 10.6 Å². The third kappa shape index (κ3) is 4.42. The Labute approximate surface area is 194 Å². The highest BCUT2D eigenvalue weighted by atomic mass is 35.5. The van der Waals surface area contributed by atoms with Crippen LogP contribution in [0.4, 0.5) is 20.2 Å². The molecule has 2 heterocycles. The molecule has 168 valence electrons. The van der Waals surface area contributed by atoms with Crippen LogP contribution in [0.5, 0.6) is 0 Å². The number of fused-ring (bicyclic) bond motifs is 1. The minimum Gasteiger partial charge on any atom is -0.352 e. The van der Waals surface area contributed by atoms with Gasteiger partial charge < -0.3 is 10.6 Å². The lowest BCUT2D eigenvalue weighted by atomic mass is 10.1. The van der Waals surface area contributed by atoms with E-state index >= 15 is 0 Å². The summed E-state index contributed by atoms with van der Waals surface area (Å²) in [5, 5.41) is 6.40. The molecular weight excluding hydrogens is 481 g/mol. The highest BCUT2D eigenvalue weighted by Gasteiger charge is 2.22. The lowest BCUT2D eigenvalue weighted by Crippen LogP contribution is -2.12. The number of nitrogens with one attached hydrogen (secondary N) is 2. The molecule has 0 radical (unpaired) electrons. The highest BCUT2D eigenvalue weighted by molar-refractivity contribution is 7.90. The van der Waals surface area contributed by atoms with Crippen LogP contribution in [-0.4, -0.2) is 24.4 Å². The van der Waals surface area contributed by atoms with Gasteiger partial charge in [0, 0.05) is 42.3 Å². The van der Waals surface area contributed by atoms with Crippen LogP contribution in [-0.2, 0) is 16.6 Å². The molecule has 0 aliphatic carbocycles. The van der Waals surface area contributed by atoms with Crippen molar-refractivity contribution >= 4 is 56.3 Å². The molecule has 2 N–H and O–H groups in total. The van der Waals surface area contributed by atoms with Gasteiger partial charge in [-0.15, -0.1) is 12.4 Å². The number of nitrogens with zero attached hydrogens (tertiary/aromatic N) is 2. The monoisotopic (exact) mass is 498 g/mol. The number of hydrogen-bond donors (Lipinski definition) is 2. The van der Waals surface area contributed by atoms with Gasteiger partial charge in [-0.25, -0.2) is 21.2 Å². The highest BCUT2D eigenvalue weighted by Crippen LogP contribution is 2.33. The Balaban J connectivity index is 0.00000289. The van der Waals surface area contributed by atoms with Gasteiger partial charge >= 0.3 is 0 Å². The Morgan fingerprint density at radius 3 is 2.59 bits per heavy atom. The van der Waals surface area contributed by atoms with Crippen molar-refractivity contribution in [2.75, 3.05) is 12.4 Å². The number of halogens is 4. The van der Waals surface area contributed by atoms with Crippen LogP contribution in [0, 0.1) is 11.6 Å². The Morgan fingerprint density at radius 2 is 1.94 bits per heavy atom. The zero-order valence-electron chi connectivity index (χ0n) is 16.6. The van der Waals surface area contributed by atoms with Crippen LogP contribution in [0.25, 0.3) is 10.9 Å². The van der Waals surface area contributed by atoms with E-state index in [1.54, 1.807) is 37.5 Å². The van der Waals surface area contributed by atoms with Gasteiger partial charge in [0.05, 0.1) is 16.2 Å². The van der Waals surface area contributed by atoms with E-state index < -0.39 is 21.7 Å². The third-order valence-electron chi connectivity index (χ3n) is 4.69. The molecule has 0 spiro atoms. The quantitative estimate of drug-likeness (QED) is 0.387. The lowest BCUT2D eigenvalue weighted by molar-refractivity contribution is 0.585. The summed E-state index contributed by atoms with van der Waals surface area (Å²) in [5.74, 6) is -1.66. The van der Waals surface area contributed by atoms with Crippen molar-refractivity contribution in [2.24, 2.45) is 0 Å². The van der Waals surface area contributed by atoms with Crippen molar-refractivity contribution in [3.63, 3.8) is 0 Å². The summed E-state index contributed by atoms with van der Waals surface area (Å²) in [5.41, 5.74) is 1.43. The second kappa shape index (κ2) is 9.41. The number of pyridine rings is 1. The van der Waals surface area contributed by atoms with Crippen molar-refractivity contribution < 1.29 is 17.2 Å². The molecule has 4 aromatic rings. The summed E-state index contributed by atoms with van der Waals surface area (Å²) in [6.45, 7) is 0.442. The minimum absolute atomic E-state index is 0. The maximum absolute atomic E-state index is 14.2. The van der Waals surface area contributed by atoms with Crippen molar-refractivity contribution in [1.29, 1.82) is 0 Å². The van der Waals surface area contributed by atoms with E-state index in [1.165, 1.54) is 22.4 Å². The molecule has 32 heavy (non-hydrogen) atoms. The zero-order chi connectivity index (χ0) is 22.2. The average molecular weight is 499 g/mol. The SMILES string of the molecule is CNCc1cn(S(=O)(=O)c2cccnc2)c2cc(Nc3c(F)cc(F)cc3Cl)ccc12.Cl. The molecule has 0 aliphatic heterocycles. The van der Waals surface area contributed by atoms with Gasteiger partial charge in [-0.05, 0) is 42.9 Å². The van der Waals surface area contributed by atoms with E-state index in [9.17, 15) is 17.2 Å². The molecule has 6 nitrogen and oxygen atoms in total. The van der Waals surface area contributed by atoms with Gasteiger partial charge in [-0.3, -0.25) is 4.98 Å². The van der Waals surface area contributed by atoms with E-state index in [4.69, 9.17) is 11.6 Å². The molecule has 4 rings (SSSR count). The fourth-order valence-electron chi connectivity index (χ4n) is 3.29. The molecule has 0 fully saturated rings. The topological polar surface area (TPSA) is 76.0 Å². The van der Waals surface area contributed by atoms with Gasteiger partial charge in [0.15, 0.2) is 5.82 Å². The van der Waals surface area contributed by atoms with Crippen molar-refractivity contribution in [1.82, 2.24) is 14.3 Å². The second-order valence-corrected chi connectivity index (χ2v) is 9.00. The first-order valence-electron chi connectivity index (χ1n) is 9.17. The summed E-state index contributed by atoms with van der Waals surface area (Å²) in [6, 6.07) is 9.68. The van der Waals surface area contributed by atoms with Gasteiger partial charge in [-0.1, -0.05) is 17.7 Å². The summed E-state index contributed by atoms with van der Waals surface area (Å²) in [7, 11) is -2.17. The Bertz CT molecular complexity index is 1360. The smallest absolute Gasteiger partial charge is 0.269 e. The second-order valence-electron chi connectivity index (χ2n) is 6.78. The molecule has 0 unspecified atom stereocenters. The third-order valence-corrected chi connectivity index (χ3v) is 6.64. The first-order valence-corrected chi connectivity index (χ1v) is 11.0. The number of benzene rings is 2. The molecule has 11 heteroatoms. The van der Waals surface area contributed by atoms with E-state index in [0.717, 1.165) is 11.6 Å².